The molecule has 1 fully saturated rings. The number of H-pyrrole nitrogens is 1. The first-order valence-corrected chi connectivity index (χ1v) is 6.47. The maximum atomic E-state index is 11.3. The van der Waals surface area contributed by atoms with Crippen molar-refractivity contribution < 1.29 is 9.90 Å². The van der Waals surface area contributed by atoms with Crippen molar-refractivity contribution in [2.45, 2.75) is 32.6 Å². The van der Waals surface area contributed by atoms with Crippen LogP contribution in [0.25, 0.3) is 11.4 Å². The average Bonchev–Trinajstić information content (AvgIpc) is 3.11. The summed E-state index contributed by atoms with van der Waals surface area (Å²) in [7, 11) is 0. The Morgan fingerprint density at radius 1 is 1.37 bits per heavy atom. The zero-order chi connectivity index (χ0) is 13.6. The maximum Gasteiger partial charge on any atom is 0.356 e. The zero-order valence-corrected chi connectivity index (χ0v) is 11.0. The topological polar surface area (TPSA) is 66.0 Å². The van der Waals surface area contributed by atoms with E-state index in [0.717, 1.165) is 35.2 Å². The Morgan fingerprint density at radius 3 is 2.74 bits per heavy atom. The number of aryl methyl sites for hydroxylation is 2. The Balaban J connectivity index is 2.12. The van der Waals surface area contributed by atoms with E-state index in [0.29, 0.717) is 11.7 Å². The van der Waals surface area contributed by atoms with Gasteiger partial charge >= 0.3 is 5.97 Å². The molecule has 4 nitrogen and oxygen atoms in total. The van der Waals surface area contributed by atoms with Gasteiger partial charge in [0.05, 0.1) is 5.69 Å². The van der Waals surface area contributed by atoms with E-state index in [1.807, 2.05) is 32.0 Å². The summed E-state index contributed by atoms with van der Waals surface area (Å²) in [5.74, 6) is 0.0627. The minimum atomic E-state index is -0.949. The number of aromatic amines is 1. The quantitative estimate of drug-likeness (QED) is 0.885. The molecule has 2 aromatic rings. The second-order valence-corrected chi connectivity index (χ2v) is 5.25. The van der Waals surface area contributed by atoms with Gasteiger partial charge in [-0.15, -0.1) is 0 Å². The van der Waals surface area contributed by atoms with Crippen molar-refractivity contribution in [3.05, 3.63) is 40.7 Å². The van der Waals surface area contributed by atoms with Gasteiger partial charge < -0.3 is 10.1 Å². The first kappa shape index (κ1) is 12.0. The number of nitrogens with zero attached hydrogens (tertiary/aromatic N) is 1. The minimum Gasteiger partial charge on any atom is -0.476 e. The molecule has 0 amide bonds. The van der Waals surface area contributed by atoms with Crippen LogP contribution >= 0.6 is 0 Å². The van der Waals surface area contributed by atoms with E-state index in [4.69, 9.17) is 0 Å². The second-order valence-electron chi connectivity index (χ2n) is 5.25. The number of imidazole rings is 1. The van der Waals surface area contributed by atoms with E-state index in [1.54, 1.807) is 0 Å². The standard InChI is InChI=1S/C15H16N2O2/c1-8-3-4-9(2)11(7-8)14-16-12(10-5-6-10)13(17-14)15(18)19/h3-4,7,10H,5-6H2,1-2H3,(H,16,17)(H,18,19). The lowest BCUT2D eigenvalue weighted by molar-refractivity contribution is 0.0690. The highest BCUT2D eigenvalue weighted by atomic mass is 16.4. The number of nitrogens with one attached hydrogen (secondary N) is 1. The third-order valence-corrected chi connectivity index (χ3v) is 3.57. The van der Waals surface area contributed by atoms with Crippen LogP contribution in [0, 0.1) is 13.8 Å². The van der Waals surface area contributed by atoms with Gasteiger partial charge in [-0.25, -0.2) is 9.78 Å². The van der Waals surface area contributed by atoms with Crippen LogP contribution in [0.5, 0.6) is 0 Å². The maximum absolute atomic E-state index is 11.3. The number of aromatic carboxylic acids is 1. The van der Waals surface area contributed by atoms with Crippen LogP contribution in [0.2, 0.25) is 0 Å². The summed E-state index contributed by atoms with van der Waals surface area (Å²) in [5.41, 5.74) is 4.18. The molecule has 3 rings (SSSR count). The van der Waals surface area contributed by atoms with E-state index in [9.17, 15) is 9.90 Å². The zero-order valence-electron chi connectivity index (χ0n) is 11.0. The van der Waals surface area contributed by atoms with Gasteiger partial charge in [0.1, 0.15) is 5.82 Å². The lowest BCUT2D eigenvalue weighted by Crippen LogP contribution is -2.00. The minimum absolute atomic E-state index is 0.179. The lowest BCUT2D eigenvalue weighted by Gasteiger charge is -2.03. The molecule has 19 heavy (non-hydrogen) atoms. The normalized spacial score (nSPS) is 14.6. The van der Waals surface area contributed by atoms with Crippen LogP contribution in [0.1, 0.15) is 46.1 Å². The molecule has 98 valence electrons. The molecule has 1 aliphatic carbocycles. The lowest BCUT2D eigenvalue weighted by atomic mass is 10.1. The van der Waals surface area contributed by atoms with E-state index in [-0.39, 0.29) is 5.69 Å². The van der Waals surface area contributed by atoms with Gasteiger partial charge in [-0.1, -0.05) is 17.7 Å². The Hall–Kier alpha value is -2.10. The van der Waals surface area contributed by atoms with Crippen molar-refractivity contribution in [1.82, 2.24) is 9.97 Å². The highest BCUT2D eigenvalue weighted by Gasteiger charge is 2.31. The third kappa shape index (κ3) is 2.14. The molecule has 0 aliphatic heterocycles. The summed E-state index contributed by atoms with van der Waals surface area (Å²) in [5, 5.41) is 9.24. The number of aromatic nitrogens is 2. The van der Waals surface area contributed by atoms with E-state index in [2.05, 4.69) is 9.97 Å². The van der Waals surface area contributed by atoms with Crippen LogP contribution in [0.3, 0.4) is 0 Å². The van der Waals surface area contributed by atoms with Crippen molar-refractivity contribution >= 4 is 5.97 Å². The van der Waals surface area contributed by atoms with Gasteiger partial charge in [0, 0.05) is 11.5 Å². The number of carboxylic acids is 1. The highest BCUT2D eigenvalue weighted by molar-refractivity contribution is 5.88. The van der Waals surface area contributed by atoms with Gasteiger partial charge in [0.15, 0.2) is 5.69 Å². The number of rotatable bonds is 3. The summed E-state index contributed by atoms with van der Waals surface area (Å²) in [4.78, 5) is 18.8. The fraction of sp³-hybridized carbons (Fsp3) is 0.333. The molecule has 2 N–H and O–H groups in total. The number of carboxylic acid groups (broad SMARTS) is 1. The first-order valence-electron chi connectivity index (χ1n) is 6.47. The van der Waals surface area contributed by atoms with Crippen molar-refractivity contribution in [2.24, 2.45) is 0 Å². The van der Waals surface area contributed by atoms with Crippen LogP contribution < -0.4 is 0 Å². The summed E-state index contributed by atoms with van der Waals surface area (Å²) < 4.78 is 0. The van der Waals surface area contributed by atoms with Crippen molar-refractivity contribution in [3.8, 4) is 11.4 Å². The van der Waals surface area contributed by atoms with Gasteiger partial charge in [0.25, 0.3) is 0 Å². The molecule has 1 saturated carbocycles. The number of hydrogen-bond acceptors (Lipinski definition) is 2. The molecule has 0 atom stereocenters. The van der Waals surface area contributed by atoms with E-state index in [1.165, 1.54) is 0 Å². The largest absolute Gasteiger partial charge is 0.476 e. The van der Waals surface area contributed by atoms with Crippen LogP contribution in [-0.2, 0) is 0 Å². The van der Waals surface area contributed by atoms with Gasteiger partial charge in [0.2, 0.25) is 0 Å². The fourth-order valence-corrected chi connectivity index (χ4v) is 2.34. The Morgan fingerprint density at radius 2 is 2.11 bits per heavy atom. The van der Waals surface area contributed by atoms with Crippen LogP contribution in [0.4, 0.5) is 0 Å². The Labute approximate surface area is 111 Å². The molecule has 0 saturated heterocycles. The molecule has 1 heterocycles. The molecular weight excluding hydrogens is 240 g/mol. The number of hydrogen-bond donors (Lipinski definition) is 2. The summed E-state index contributed by atoms with van der Waals surface area (Å²) in [6.07, 6.45) is 2.10. The highest BCUT2D eigenvalue weighted by Crippen LogP contribution is 2.41. The molecule has 0 spiro atoms. The van der Waals surface area contributed by atoms with Gasteiger partial charge in [-0.2, -0.15) is 0 Å². The Bertz CT molecular complexity index is 654. The first-order chi connectivity index (χ1) is 9.06. The van der Waals surface area contributed by atoms with Crippen molar-refractivity contribution in [2.75, 3.05) is 0 Å². The second kappa shape index (κ2) is 4.23. The smallest absolute Gasteiger partial charge is 0.356 e. The SMILES string of the molecule is Cc1ccc(C)c(-c2nc(C(=O)O)c(C3CC3)[nH]2)c1. The van der Waals surface area contributed by atoms with Crippen LogP contribution in [0.15, 0.2) is 18.2 Å². The predicted molar refractivity (Wildman–Crippen MR) is 72.4 cm³/mol. The molecular formula is C15H16N2O2. The van der Waals surface area contributed by atoms with E-state index < -0.39 is 5.97 Å². The summed E-state index contributed by atoms with van der Waals surface area (Å²) in [6.45, 7) is 4.03. The van der Waals surface area contributed by atoms with Crippen LogP contribution in [-0.4, -0.2) is 21.0 Å². The molecule has 1 aliphatic rings. The monoisotopic (exact) mass is 256 g/mol. The van der Waals surface area contributed by atoms with Crippen molar-refractivity contribution in [1.29, 1.82) is 0 Å². The third-order valence-electron chi connectivity index (χ3n) is 3.57. The van der Waals surface area contributed by atoms with E-state index >= 15 is 0 Å². The molecule has 4 heteroatoms. The molecule has 0 unspecified atom stereocenters. The average molecular weight is 256 g/mol. The summed E-state index contributed by atoms with van der Waals surface area (Å²) in [6, 6.07) is 6.11. The predicted octanol–water partition coefficient (Wildman–Crippen LogP) is 3.27. The molecule has 1 aromatic heterocycles. The number of carbonyl (C=O) groups is 1. The Kier molecular flexibility index (Phi) is 2.66. The molecule has 0 bridgehead atoms. The molecule has 0 radical (unpaired) electrons. The van der Waals surface area contributed by atoms with Gasteiger partial charge in [-0.05, 0) is 38.3 Å². The van der Waals surface area contributed by atoms with Crippen molar-refractivity contribution in [3.63, 3.8) is 0 Å². The fourth-order valence-electron chi connectivity index (χ4n) is 2.34. The number of benzene rings is 1. The van der Waals surface area contributed by atoms with Gasteiger partial charge in [-0.3, -0.25) is 0 Å². The summed E-state index contributed by atoms with van der Waals surface area (Å²) >= 11 is 0. The molecule has 1 aromatic carbocycles.